The van der Waals surface area contributed by atoms with Crippen molar-refractivity contribution in [2.24, 2.45) is 0 Å². The largest absolute Gasteiger partial charge is 0.342 e. The highest BCUT2D eigenvalue weighted by Crippen LogP contribution is 2.16. The van der Waals surface area contributed by atoms with Crippen LogP contribution in [0, 0.1) is 6.92 Å². The van der Waals surface area contributed by atoms with Gasteiger partial charge in [0.2, 0.25) is 5.91 Å². The summed E-state index contributed by atoms with van der Waals surface area (Å²) in [5, 5.41) is 3.32. The van der Waals surface area contributed by atoms with Crippen LogP contribution in [0.2, 0.25) is 0 Å². The van der Waals surface area contributed by atoms with E-state index in [1.54, 1.807) is 0 Å². The highest BCUT2D eigenvalue weighted by molar-refractivity contribution is 5.85. The number of imidazole rings is 1. The molecule has 1 aromatic carbocycles. The lowest BCUT2D eigenvalue weighted by Crippen LogP contribution is -2.34. The van der Waals surface area contributed by atoms with Crippen LogP contribution in [0.4, 0.5) is 0 Å². The number of aromatic amines is 1. The van der Waals surface area contributed by atoms with Gasteiger partial charge < -0.3 is 15.2 Å². The molecule has 7 heteroatoms. The van der Waals surface area contributed by atoms with Gasteiger partial charge in [-0.2, -0.15) is 0 Å². The quantitative estimate of drug-likeness (QED) is 0.885. The van der Waals surface area contributed by atoms with E-state index in [1.807, 2.05) is 17.0 Å². The number of halogens is 2. The number of hydrogen-bond donors (Lipinski definition) is 2. The Labute approximate surface area is 149 Å². The Bertz CT molecular complexity index is 636. The van der Waals surface area contributed by atoms with Gasteiger partial charge in [-0.05, 0) is 31.5 Å². The smallest absolute Gasteiger partial charge is 0.223 e. The van der Waals surface area contributed by atoms with Crippen molar-refractivity contribution in [2.75, 3.05) is 26.2 Å². The van der Waals surface area contributed by atoms with E-state index in [-0.39, 0.29) is 30.7 Å². The van der Waals surface area contributed by atoms with Crippen LogP contribution < -0.4 is 5.32 Å². The second-order valence-corrected chi connectivity index (χ2v) is 5.64. The molecule has 0 aliphatic carbocycles. The second-order valence-electron chi connectivity index (χ2n) is 5.64. The number of para-hydroxylation sites is 1. The molecule has 0 saturated carbocycles. The molecule has 1 aliphatic rings. The highest BCUT2D eigenvalue weighted by Gasteiger charge is 2.15. The molecule has 2 heterocycles. The van der Waals surface area contributed by atoms with Crippen molar-refractivity contribution in [3.05, 3.63) is 29.6 Å². The van der Waals surface area contributed by atoms with Crippen LogP contribution in [-0.2, 0) is 11.2 Å². The predicted octanol–water partition coefficient (Wildman–Crippen LogP) is 2.47. The number of carbonyl (C=O) groups excluding carboxylic acids is 1. The van der Waals surface area contributed by atoms with Gasteiger partial charge in [0.05, 0.1) is 11.0 Å². The van der Waals surface area contributed by atoms with Crippen LogP contribution >= 0.6 is 24.8 Å². The molecule has 128 valence electrons. The minimum Gasteiger partial charge on any atom is -0.342 e. The molecule has 2 N–H and O–H groups in total. The maximum Gasteiger partial charge on any atom is 0.223 e. The third kappa shape index (κ3) is 4.83. The van der Waals surface area contributed by atoms with E-state index in [2.05, 4.69) is 28.3 Å². The van der Waals surface area contributed by atoms with Crippen LogP contribution in [0.3, 0.4) is 0 Å². The topological polar surface area (TPSA) is 61.0 Å². The third-order valence-electron chi connectivity index (χ3n) is 4.03. The molecule has 23 heavy (non-hydrogen) atoms. The van der Waals surface area contributed by atoms with Gasteiger partial charge in [0, 0.05) is 32.5 Å². The normalized spacial score (nSPS) is 14.7. The summed E-state index contributed by atoms with van der Waals surface area (Å²) in [7, 11) is 0. The first-order valence-corrected chi connectivity index (χ1v) is 7.67. The molecule has 0 atom stereocenters. The van der Waals surface area contributed by atoms with Crippen LogP contribution in [0.5, 0.6) is 0 Å². The Morgan fingerprint density at radius 3 is 2.87 bits per heavy atom. The first-order chi connectivity index (χ1) is 10.2. The molecule has 5 nitrogen and oxygen atoms in total. The molecule has 1 aromatic heterocycles. The molecule has 1 aliphatic heterocycles. The molecular weight excluding hydrogens is 335 g/mol. The summed E-state index contributed by atoms with van der Waals surface area (Å²) in [5.41, 5.74) is 3.23. The van der Waals surface area contributed by atoms with E-state index < -0.39 is 0 Å². The van der Waals surface area contributed by atoms with Gasteiger partial charge in [0.25, 0.3) is 0 Å². The van der Waals surface area contributed by atoms with Gasteiger partial charge in [0.15, 0.2) is 0 Å². The van der Waals surface area contributed by atoms with Crippen molar-refractivity contribution >= 4 is 41.8 Å². The van der Waals surface area contributed by atoms with E-state index in [0.717, 1.165) is 49.5 Å². The molecule has 0 spiro atoms. The zero-order chi connectivity index (χ0) is 14.7. The van der Waals surface area contributed by atoms with E-state index >= 15 is 0 Å². The lowest BCUT2D eigenvalue weighted by Gasteiger charge is -2.19. The monoisotopic (exact) mass is 358 g/mol. The molecule has 0 radical (unpaired) electrons. The van der Waals surface area contributed by atoms with Crippen molar-refractivity contribution in [3.63, 3.8) is 0 Å². The molecule has 0 bridgehead atoms. The molecular formula is C16H24Cl2N4O. The molecule has 2 aromatic rings. The maximum atomic E-state index is 12.3. The van der Waals surface area contributed by atoms with E-state index in [9.17, 15) is 4.79 Å². The minimum atomic E-state index is 0. The second kappa shape index (κ2) is 9.11. The number of amides is 1. The molecule has 1 amide bonds. The van der Waals surface area contributed by atoms with Crippen molar-refractivity contribution in [3.8, 4) is 0 Å². The highest BCUT2D eigenvalue weighted by atomic mass is 35.5. The van der Waals surface area contributed by atoms with Gasteiger partial charge in [-0.3, -0.25) is 4.79 Å². The van der Waals surface area contributed by atoms with Crippen molar-refractivity contribution in [1.29, 1.82) is 0 Å². The molecule has 0 unspecified atom stereocenters. The summed E-state index contributed by atoms with van der Waals surface area (Å²) in [5.74, 6) is 1.14. The molecule has 1 saturated heterocycles. The van der Waals surface area contributed by atoms with Crippen LogP contribution in [0.1, 0.15) is 24.2 Å². The average Bonchev–Trinajstić information content (AvgIpc) is 2.71. The lowest BCUT2D eigenvalue weighted by atomic mass is 10.2. The number of nitrogens with one attached hydrogen (secondary N) is 2. The van der Waals surface area contributed by atoms with Crippen LogP contribution in [0.15, 0.2) is 18.2 Å². The number of H-pyrrole nitrogens is 1. The van der Waals surface area contributed by atoms with Gasteiger partial charge in [-0.15, -0.1) is 24.8 Å². The summed E-state index contributed by atoms with van der Waals surface area (Å²) in [6, 6.07) is 6.11. The number of nitrogens with zero attached hydrogens (tertiary/aromatic N) is 2. The summed E-state index contributed by atoms with van der Waals surface area (Å²) in [4.78, 5) is 22.2. The fourth-order valence-corrected chi connectivity index (χ4v) is 2.82. The van der Waals surface area contributed by atoms with E-state index in [1.165, 1.54) is 5.56 Å². The van der Waals surface area contributed by atoms with Crippen molar-refractivity contribution in [2.45, 2.75) is 26.2 Å². The van der Waals surface area contributed by atoms with Gasteiger partial charge >= 0.3 is 0 Å². The Balaban J connectivity index is 0.00000132. The number of hydrogen-bond acceptors (Lipinski definition) is 3. The SMILES string of the molecule is Cc1cccc2[nH]c(CCC(=O)N3CCCNCC3)nc12.Cl.Cl. The number of aryl methyl sites for hydroxylation is 2. The van der Waals surface area contributed by atoms with Gasteiger partial charge in [0.1, 0.15) is 5.82 Å². The van der Waals surface area contributed by atoms with Crippen molar-refractivity contribution < 1.29 is 4.79 Å². The van der Waals surface area contributed by atoms with Crippen LogP contribution in [0.25, 0.3) is 11.0 Å². The zero-order valence-electron chi connectivity index (χ0n) is 13.3. The first kappa shape index (κ1) is 19.7. The van der Waals surface area contributed by atoms with E-state index in [4.69, 9.17) is 0 Å². The number of benzene rings is 1. The van der Waals surface area contributed by atoms with E-state index in [0.29, 0.717) is 12.8 Å². The first-order valence-electron chi connectivity index (χ1n) is 7.67. The van der Waals surface area contributed by atoms with Crippen molar-refractivity contribution in [1.82, 2.24) is 20.2 Å². The summed E-state index contributed by atoms with van der Waals surface area (Å²) < 4.78 is 0. The summed E-state index contributed by atoms with van der Waals surface area (Å²) in [6.07, 6.45) is 2.24. The zero-order valence-corrected chi connectivity index (χ0v) is 14.9. The summed E-state index contributed by atoms with van der Waals surface area (Å²) in [6.45, 7) is 5.65. The maximum absolute atomic E-state index is 12.3. The third-order valence-corrected chi connectivity index (χ3v) is 4.03. The van der Waals surface area contributed by atoms with Crippen LogP contribution in [-0.4, -0.2) is 47.0 Å². The Morgan fingerprint density at radius 2 is 2.09 bits per heavy atom. The standard InChI is InChI=1S/C16H22N4O.2ClH/c1-12-4-2-5-13-16(12)19-14(18-13)6-7-15(21)20-10-3-8-17-9-11-20;;/h2,4-5,17H,3,6-11H2,1H3,(H,18,19);2*1H. The number of aromatic nitrogens is 2. The predicted molar refractivity (Wildman–Crippen MR) is 97.7 cm³/mol. The Hall–Kier alpha value is -1.30. The fourth-order valence-electron chi connectivity index (χ4n) is 2.82. The Kier molecular flexibility index (Phi) is 7.82. The molecule has 1 fully saturated rings. The molecule has 3 rings (SSSR count). The minimum absolute atomic E-state index is 0. The Morgan fingerprint density at radius 1 is 1.26 bits per heavy atom. The number of carbonyl (C=O) groups is 1. The fraction of sp³-hybridized carbons (Fsp3) is 0.500. The number of fused-ring (bicyclic) bond motifs is 1. The lowest BCUT2D eigenvalue weighted by molar-refractivity contribution is -0.131. The average molecular weight is 359 g/mol. The van der Waals surface area contributed by atoms with Gasteiger partial charge in [-0.25, -0.2) is 4.98 Å². The summed E-state index contributed by atoms with van der Waals surface area (Å²) >= 11 is 0. The number of rotatable bonds is 3. The van der Waals surface area contributed by atoms with Gasteiger partial charge in [-0.1, -0.05) is 12.1 Å².